The maximum atomic E-state index is 12.2. The number of aromatic nitrogens is 3. The van der Waals surface area contributed by atoms with Gasteiger partial charge in [0.05, 0.1) is 27.6 Å². The van der Waals surface area contributed by atoms with E-state index in [0.717, 1.165) is 12.1 Å². The molecule has 0 fully saturated rings. The van der Waals surface area contributed by atoms with E-state index < -0.39 is 55.8 Å². The Morgan fingerprint density at radius 1 is 0.579 bits per heavy atom. The minimum Gasteiger partial charge on any atom is -0.355 e. The fourth-order valence-electron chi connectivity index (χ4n) is 5.02. The lowest BCUT2D eigenvalue weighted by Gasteiger charge is -2.11. The number of anilines is 4. The zero-order valence-corrected chi connectivity index (χ0v) is 31.9. The summed E-state index contributed by atoms with van der Waals surface area (Å²) in [6.45, 7) is 0. The van der Waals surface area contributed by atoms with E-state index in [9.17, 15) is 43.7 Å². The third-order valence-electron chi connectivity index (χ3n) is 7.56. The van der Waals surface area contributed by atoms with Crippen LogP contribution in [0.2, 0.25) is 5.28 Å². The smallest absolute Gasteiger partial charge is 0.295 e. The third-order valence-corrected chi connectivity index (χ3v) is 10.3. The molecule has 0 bridgehead atoms. The molecule has 20 nitrogen and oxygen atoms in total. The fraction of sp³-hybridized carbons (Fsp3) is 0.0303. The molecule has 6 aromatic rings. The first-order chi connectivity index (χ1) is 26.8. The zero-order chi connectivity index (χ0) is 41.1. The normalized spacial score (nSPS) is 12.3. The quantitative estimate of drug-likeness (QED) is 0.0528. The van der Waals surface area contributed by atoms with Gasteiger partial charge in [0.2, 0.25) is 17.2 Å². The minimum atomic E-state index is -5.19. The maximum absolute atomic E-state index is 12.2. The molecule has 5 aromatic carbocycles. The standard InChI is InChI=1S/C33H25ClN10O10S3/c1-35-30(45)18-3-2-4-23(13-18)37-33-39-31(34)38-32(40-33)36-19-5-7-20(8-6-19)41-42-21-9-11-22(12-10-21)43-44-24-14-26-27(28(15-24)56(49,50)51)16-25(55(46,47)48)17-29(26)57(52,53)54/h2-17H,1H3,(H,35,45)(H,46,47,48)(H,49,50,51)(H,52,53,54)(H2,36,37,38,39,40). The monoisotopic (exact) mass is 852 g/mol. The molecule has 0 aliphatic carbocycles. The molecule has 292 valence electrons. The number of nitrogens with zero attached hydrogens (tertiary/aromatic N) is 7. The van der Waals surface area contributed by atoms with Gasteiger partial charge in [-0.2, -0.15) is 60.7 Å². The number of azo groups is 2. The molecule has 57 heavy (non-hydrogen) atoms. The molecular weight excluding hydrogens is 828 g/mol. The van der Waals surface area contributed by atoms with Crippen molar-refractivity contribution in [1.82, 2.24) is 20.3 Å². The van der Waals surface area contributed by atoms with Gasteiger partial charge >= 0.3 is 0 Å². The van der Waals surface area contributed by atoms with Crippen molar-refractivity contribution < 1.29 is 43.7 Å². The summed E-state index contributed by atoms with van der Waals surface area (Å²) in [5.41, 5.74) is 2.39. The Bertz CT molecular complexity index is 2950. The predicted octanol–water partition coefficient (Wildman–Crippen LogP) is 7.10. The van der Waals surface area contributed by atoms with Crippen LogP contribution < -0.4 is 16.0 Å². The number of carbonyl (C=O) groups is 1. The second kappa shape index (κ2) is 16.0. The molecule has 1 aromatic heterocycles. The number of hydrogen-bond donors (Lipinski definition) is 6. The molecule has 0 aliphatic heterocycles. The van der Waals surface area contributed by atoms with Crippen LogP contribution in [0.1, 0.15) is 10.4 Å². The van der Waals surface area contributed by atoms with Gasteiger partial charge in [-0.1, -0.05) is 6.07 Å². The summed E-state index contributed by atoms with van der Waals surface area (Å²) in [5, 5.41) is 23.6. The average molecular weight is 853 g/mol. The highest BCUT2D eigenvalue weighted by Gasteiger charge is 2.25. The van der Waals surface area contributed by atoms with E-state index in [-0.39, 0.29) is 34.5 Å². The van der Waals surface area contributed by atoms with E-state index in [1.807, 2.05) is 0 Å². The molecule has 0 saturated carbocycles. The Morgan fingerprint density at radius 2 is 1.07 bits per heavy atom. The van der Waals surface area contributed by atoms with Crippen LogP contribution in [0.25, 0.3) is 10.8 Å². The van der Waals surface area contributed by atoms with Crippen molar-refractivity contribution in [1.29, 1.82) is 0 Å². The molecular formula is C33H25ClN10O10S3. The van der Waals surface area contributed by atoms with Crippen LogP contribution in [0, 0.1) is 0 Å². The van der Waals surface area contributed by atoms with E-state index >= 15 is 0 Å². The first kappa shape index (κ1) is 40.3. The number of carbonyl (C=O) groups excluding carboxylic acids is 1. The van der Waals surface area contributed by atoms with Crippen molar-refractivity contribution in [3.63, 3.8) is 0 Å². The number of rotatable bonds is 12. The zero-order valence-electron chi connectivity index (χ0n) is 28.7. The Hall–Kier alpha value is -6.34. The summed E-state index contributed by atoms with van der Waals surface area (Å²) in [6, 6.07) is 22.3. The van der Waals surface area contributed by atoms with Gasteiger partial charge in [0.25, 0.3) is 36.3 Å². The molecule has 0 aliphatic rings. The van der Waals surface area contributed by atoms with Crippen molar-refractivity contribution in [2.45, 2.75) is 14.7 Å². The highest BCUT2D eigenvalue weighted by Crippen LogP contribution is 2.36. The van der Waals surface area contributed by atoms with Crippen LogP contribution in [0.3, 0.4) is 0 Å². The van der Waals surface area contributed by atoms with Crippen molar-refractivity contribution in [3.05, 3.63) is 108 Å². The predicted molar refractivity (Wildman–Crippen MR) is 206 cm³/mol. The highest BCUT2D eigenvalue weighted by molar-refractivity contribution is 7.87. The molecule has 6 N–H and O–H groups in total. The minimum absolute atomic E-state index is 0.0799. The Balaban J connectivity index is 1.15. The second-order valence-corrected chi connectivity index (χ2v) is 16.1. The largest absolute Gasteiger partial charge is 0.355 e. The van der Waals surface area contributed by atoms with E-state index in [1.54, 1.807) is 48.5 Å². The Kier molecular flexibility index (Phi) is 11.3. The fourth-order valence-corrected chi connectivity index (χ4v) is 7.23. The van der Waals surface area contributed by atoms with Crippen LogP contribution in [0.4, 0.5) is 46.0 Å². The summed E-state index contributed by atoms with van der Waals surface area (Å²) in [5.74, 6) is 0.0206. The van der Waals surface area contributed by atoms with Gasteiger partial charge in [0.1, 0.15) is 9.79 Å². The molecule has 0 unspecified atom stereocenters. The van der Waals surface area contributed by atoms with Crippen LogP contribution in [-0.4, -0.2) is 66.8 Å². The van der Waals surface area contributed by atoms with Gasteiger partial charge in [0, 0.05) is 34.8 Å². The SMILES string of the molecule is CNC(=O)c1cccc(Nc2nc(Cl)nc(Nc3ccc(N=Nc4ccc(N=Nc5cc(S(=O)(=O)O)c6cc(S(=O)(=O)O)cc(S(=O)(=O)O)c6c5)cc4)cc3)n2)c1. The lowest BCUT2D eigenvalue weighted by Crippen LogP contribution is -2.17. The molecule has 24 heteroatoms. The van der Waals surface area contributed by atoms with Gasteiger partial charge in [0.15, 0.2) is 0 Å². The van der Waals surface area contributed by atoms with Gasteiger partial charge in [-0.3, -0.25) is 18.5 Å². The van der Waals surface area contributed by atoms with E-state index in [1.165, 1.54) is 31.3 Å². The number of fused-ring (bicyclic) bond motifs is 1. The average Bonchev–Trinajstić information content (AvgIpc) is 3.15. The van der Waals surface area contributed by atoms with Crippen LogP contribution in [0.5, 0.6) is 0 Å². The van der Waals surface area contributed by atoms with Gasteiger partial charge in [-0.05, 0) is 103 Å². The molecule has 0 atom stereocenters. The molecule has 0 spiro atoms. The number of hydrogen-bond acceptors (Lipinski definition) is 16. The molecule has 6 rings (SSSR count). The highest BCUT2D eigenvalue weighted by atomic mass is 35.5. The van der Waals surface area contributed by atoms with E-state index in [0.29, 0.717) is 40.4 Å². The maximum Gasteiger partial charge on any atom is 0.295 e. The molecule has 0 saturated heterocycles. The van der Waals surface area contributed by atoms with Crippen molar-refractivity contribution >= 4 is 105 Å². The van der Waals surface area contributed by atoms with Crippen molar-refractivity contribution in [2.24, 2.45) is 20.5 Å². The van der Waals surface area contributed by atoms with Crippen molar-refractivity contribution in [2.75, 3.05) is 17.7 Å². The second-order valence-electron chi connectivity index (χ2n) is 11.5. The number of nitrogens with one attached hydrogen (secondary N) is 3. The number of amides is 1. The van der Waals surface area contributed by atoms with E-state index in [2.05, 4.69) is 51.4 Å². The lowest BCUT2D eigenvalue weighted by molar-refractivity contribution is 0.0963. The molecule has 0 radical (unpaired) electrons. The first-order valence-corrected chi connectivity index (χ1v) is 20.4. The lowest BCUT2D eigenvalue weighted by atomic mass is 10.1. The van der Waals surface area contributed by atoms with Crippen LogP contribution in [0.15, 0.2) is 132 Å². The van der Waals surface area contributed by atoms with Gasteiger partial charge < -0.3 is 16.0 Å². The topological polar surface area (TPSA) is 304 Å². The van der Waals surface area contributed by atoms with Gasteiger partial charge in [-0.25, -0.2) is 0 Å². The van der Waals surface area contributed by atoms with Gasteiger partial charge in [-0.15, -0.1) is 0 Å². The first-order valence-electron chi connectivity index (χ1n) is 15.7. The van der Waals surface area contributed by atoms with E-state index in [4.69, 9.17) is 11.6 Å². The summed E-state index contributed by atoms with van der Waals surface area (Å²) in [4.78, 5) is 21.4. The number of benzene rings is 5. The Morgan fingerprint density at radius 3 is 1.60 bits per heavy atom. The Labute approximate surface area is 328 Å². The summed E-state index contributed by atoms with van der Waals surface area (Å²) >= 11 is 6.12. The third kappa shape index (κ3) is 10.1. The molecule has 1 heterocycles. The summed E-state index contributed by atoms with van der Waals surface area (Å²) in [7, 11) is -13.9. The van der Waals surface area contributed by atoms with Crippen LogP contribution >= 0.6 is 11.6 Å². The number of halogens is 1. The molecule has 1 amide bonds. The van der Waals surface area contributed by atoms with Crippen molar-refractivity contribution in [3.8, 4) is 0 Å². The van der Waals surface area contributed by atoms with Crippen LogP contribution in [-0.2, 0) is 30.4 Å². The summed E-state index contributed by atoms with van der Waals surface area (Å²) < 4.78 is 101. The summed E-state index contributed by atoms with van der Waals surface area (Å²) in [6.07, 6.45) is 0.